The molecular formula is C15H31N. The maximum absolute atomic E-state index is 3.66. The van der Waals surface area contributed by atoms with Gasteiger partial charge in [-0.1, -0.05) is 58.8 Å². The van der Waals surface area contributed by atoms with Crippen LogP contribution in [-0.4, -0.2) is 12.6 Å². The zero-order valence-electron chi connectivity index (χ0n) is 11.4. The molecule has 1 heteroatoms. The number of nitrogens with one attached hydrogen (secondary N) is 1. The summed E-state index contributed by atoms with van der Waals surface area (Å²) in [5, 5.41) is 3.66. The first-order valence-electron chi connectivity index (χ1n) is 7.56. The lowest BCUT2D eigenvalue weighted by atomic mass is 9.91. The lowest BCUT2D eigenvalue weighted by Crippen LogP contribution is -2.37. The molecule has 1 fully saturated rings. The minimum atomic E-state index is 0.833. The van der Waals surface area contributed by atoms with E-state index in [1.807, 2.05) is 0 Å². The van der Waals surface area contributed by atoms with Crippen LogP contribution in [0.15, 0.2) is 0 Å². The molecule has 1 N–H and O–H groups in total. The van der Waals surface area contributed by atoms with Crippen molar-refractivity contribution < 1.29 is 0 Å². The van der Waals surface area contributed by atoms with Crippen LogP contribution >= 0.6 is 0 Å². The molecular weight excluding hydrogens is 194 g/mol. The Labute approximate surface area is 102 Å². The lowest BCUT2D eigenvalue weighted by molar-refractivity contribution is 0.301. The van der Waals surface area contributed by atoms with Gasteiger partial charge >= 0.3 is 0 Å². The summed E-state index contributed by atoms with van der Waals surface area (Å²) in [6.45, 7) is 5.94. The average molecular weight is 225 g/mol. The van der Waals surface area contributed by atoms with Gasteiger partial charge in [0.15, 0.2) is 0 Å². The van der Waals surface area contributed by atoms with Crippen LogP contribution in [-0.2, 0) is 0 Å². The van der Waals surface area contributed by atoms with Gasteiger partial charge in [0.25, 0.3) is 0 Å². The summed E-state index contributed by atoms with van der Waals surface area (Å²) in [6, 6.07) is 0.833. The van der Waals surface area contributed by atoms with Crippen molar-refractivity contribution >= 4 is 0 Å². The van der Waals surface area contributed by atoms with Gasteiger partial charge in [0.2, 0.25) is 0 Å². The van der Waals surface area contributed by atoms with Crippen molar-refractivity contribution in [1.29, 1.82) is 0 Å². The number of hydrogen-bond acceptors (Lipinski definition) is 1. The fourth-order valence-corrected chi connectivity index (χ4v) is 2.79. The molecule has 0 amide bonds. The van der Waals surface area contributed by atoms with Crippen LogP contribution in [0, 0.1) is 5.92 Å². The van der Waals surface area contributed by atoms with E-state index in [0.717, 1.165) is 12.0 Å². The minimum absolute atomic E-state index is 0.833. The van der Waals surface area contributed by atoms with Crippen molar-refractivity contribution in [2.75, 3.05) is 6.54 Å². The van der Waals surface area contributed by atoms with Gasteiger partial charge in [-0.15, -0.1) is 0 Å². The molecule has 0 aromatic heterocycles. The monoisotopic (exact) mass is 225 g/mol. The number of piperidine rings is 1. The highest BCUT2D eigenvalue weighted by Gasteiger charge is 2.17. The van der Waals surface area contributed by atoms with Crippen molar-refractivity contribution in [3.05, 3.63) is 0 Å². The Morgan fingerprint density at radius 3 is 2.38 bits per heavy atom. The highest BCUT2D eigenvalue weighted by molar-refractivity contribution is 4.75. The van der Waals surface area contributed by atoms with E-state index in [0.29, 0.717) is 0 Å². The third kappa shape index (κ3) is 6.52. The number of unbranched alkanes of at least 4 members (excludes halogenated alkanes) is 6. The SMILES string of the molecule is CCCCCCCCCC1CC(C)CCN1. The second-order valence-electron chi connectivity index (χ2n) is 5.69. The first-order chi connectivity index (χ1) is 7.83. The predicted molar refractivity (Wildman–Crippen MR) is 72.8 cm³/mol. The molecule has 0 saturated carbocycles. The third-order valence-electron chi connectivity index (χ3n) is 3.91. The molecule has 0 bridgehead atoms. The number of hydrogen-bond donors (Lipinski definition) is 1. The van der Waals surface area contributed by atoms with E-state index in [4.69, 9.17) is 0 Å². The molecule has 0 aromatic carbocycles. The maximum Gasteiger partial charge on any atom is 0.00696 e. The van der Waals surface area contributed by atoms with Gasteiger partial charge in [-0.3, -0.25) is 0 Å². The van der Waals surface area contributed by atoms with E-state index in [9.17, 15) is 0 Å². The molecule has 2 atom stereocenters. The minimum Gasteiger partial charge on any atom is -0.314 e. The van der Waals surface area contributed by atoms with E-state index in [1.165, 1.54) is 70.8 Å². The predicted octanol–water partition coefficient (Wildman–Crippen LogP) is 4.52. The maximum atomic E-state index is 3.66. The summed E-state index contributed by atoms with van der Waals surface area (Å²) >= 11 is 0. The van der Waals surface area contributed by atoms with Crippen LogP contribution in [0.3, 0.4) is 0 Å². The smallest absolute Gasteiger partial charge is 0.00696 e. The third-order valence-corrected chi connectivity index (χ3v) is 3.91. The molecule has 1 aliphatic rings. The molecule has 1 rings (SSSR count). The largest absolute Gasteiger partial charge is 0.314 e. The first-order valence-corrected chi connectivity index (χ1v) is 7.56. The van der Waals surface area contributed by atoms with Crippen LogP contribution in [0.2, 0.25) is 0 Å². The summed E-state index contributed by atoms with van der Waals surface area (Å²) in [5.41, 5.74) is 0. The van der Waals surface area contributed by atoms with Gasteiger partial charge in [-0.2, -0.15) is 0 Å². The zero-order chi connectivity index (χ0) is 11.6. The van der Waals surface area contributed by atoms with Crippen molar-refractivity contribution in [2.24, 2.45) is 5.92 Å². The van der Waals surface area contributed by atoms with Gasteiger partial charge in [0.05, 0.1) is 0 Å². The average Bonchev–Trinajstić information content (AvgIpc) is 2.28. The normalized spacial score (nSPS) is 25.9. The fourth-order valence-electron chi connectivity index (χ4n) is 2.79. The van der Waals surface area contributed by atoms with Crippen LogP contribution in [0.5, 0.6) is 0 Å². The Balaban J connectivity index is 1.86. The molecule has 0 radical (unpaired) electrons. The molecule has 1 saturated heterocycles. The first kappa shape index (κ1) is 14.0. The Morgan fingerprint density at radius 1 is 1.00 bits per heavy atom. The van der Waals surface area contributed by atoms with Crippen molar-refractivity contribution in [1.82, 2.24) is 5.32 Å². The summed E-state index contributed by atoms with van der Waals surface area (Å²) in [7, 11) is 0. The van der Waals surface area contributed by atoms with Crippen LogP contribution in [0.25, 0.3) is 0 Å². The topological polar surface area (TPSA) is 12.0 Å². The second-order valence-corrected chi connectivity index (χ2v) is 5.69. The Bertz CT molecular complexity index is 156. The fraction of sp³-hybridized carbons (Fsp3) is 1.00. The summed E-state index contributed by atoms with van der Waals surface area (Å²) in [4.78, 5) is 0. The molecule has 0 aliphatic carbocycles. The molecule has 2 unspecified atom stereocenters. The van der Waals surface area contributed by atoms with Crippen LogP contribution in [0.1, 0.15) is 78.1 Å². The van der Waals surface area contributed by atoms with E-state index < -0.39 is 0 Å². The van der Waals surface area contributed by atoms with Crippen molar-refractivity contribution in [2.45, 2.75) is 84.1 Å². The molecule has 96 valence electrons. The van der Waals surface area contributed by atoms with Gasteiger partial charge in [0.1, 0.15) is 0 Å². The highest BCUT2D eigenvalue weighted by atomic mass is 14.9. The summed E-state index contributed by atoms with van der Waals surface area (Å²) in [6.07, 6.45) is 14.3. The zero-order valence-corrected chi connectivity index (χ0v) is 11.4. The molecule has 16 heavy (non-hydrogen) atoms. The second kappa shape index (κ2) is 9.04. The standard InChI is InChI=1S/C15H31N/c1-3-4-5-6-7-8-9-10-15-13-14(2)11-12-16-15/h14-16H,3-13H2,1-2H3. The lowest BCUT2D eigenvalue weighted by Gasteiger charge is -2.28. The van der Waals surface area contributed by atoms with Gasteiger partial charge in [0, 0.05) is 6.04 Å². The molecule has 1 heterocycles. The molecule has 1 aliphatic heterocycles. The van der Waals surface area contributed by atoms with Crippen LogP contribution in [0.4, 0.5) is 0 Å². The van der Waals surface area contributed by atoms with Gasteiger partial charge < -0.3 is 5.32 Å². The molecule has 0 aromatic rings. The molecule has 1 nitrogen and oxygen atoms in total. The molecule has 0 spiro atoms. The highest BCUT2D eigenvalue weighted by Crippen LogP contribution is 2.19. The number of rotatable bonds is 8. The summed E-state index contributed by atoms with van der Waals surface area (Å²) < 4.78 is 0. The van der Waals surface area contributed by atoms with E-state index in [1.54, 1.807) is 0 Å². The quantitative estimate of drug-likeness (QED) is 0.599. The van der Waals surface area contributed by atoms with Crippen molar-refractivity contribution in [3.8, 4) is 0 Å². The summed E-state index contributed by atoms with van der Waals surface area (Å²) in [5.74, 6) is 0.954. The van der Waals surface area contributed by atoms with Gasteiger partial charge in [-0.05, 0) is 31.7 Å². The van der Waals surface area contributed by atoms with Crippen molar-refractivity contribution in [3.63, 3.8) is 0 Å². The Morgan fingerprint density at radius 2 is 1.69 bits per heavy atom. The Hall–Kier alpha value is -0.0400. The van der Waals surface area contributed by atoms with Gasteiger partial charge in [-0.25, -0.2) is 0 Å². The van der Waals surface area contributed by atoms with E-state index >= 15 is 0 Å². The van der Waals surface area contributed by atoms with Crippen LogP contribution < -0.4 is 5.32 Å². The van der Waals surface area contributed by atoms with E-state index in [2.05, 4.69) is 19.2 Å². The van der Waals surface area contributed by atoms with E-state index in [-0.39, 0.29) is 0 Å². The Kier molecular flexibility index (Phi) is 7.92.